The summed E-state index contributed by atoms with van der Waals surface area (Å²) in [6.07, 6.45) is 1.76. The lowest BCUT2D eigenvalue weighted by Gasteiger charge is -2.06. The van der Waals surface area contributed by atoms with Gasteiger partial charge in [-0.25, -0.2) is 0 Å². The maximum Gasteiger partial charge on any atom is 0.266 e. The van der Waals surface area contributed by atoms with Crippen LogP contribution >= 0.6 is 0 Å². The third-order valence-corrected chi connectivity index (χ3v) is 3.20. The van der Waals surface area contributed by atoms with E-state index in [2.05, 4.69) is 20.5 Å². The highest BCUT2D eigenvalue weighted by Crippen LogP contribution is 2.26. The van der Waals surface area contributed by atoms with Crippen LogP contribution in [0.25, 0.3) is 22.4 Å². The Kier molecular flexibility index (Phi) is 3.43. The number of rotatable bonds is 4. The zero-order valence-electron chi connectivity index (χ0n) is 11.5. The van der Waals surface area contributed by atoms with Crippen LogP contribution in [0.5, 0.6) is 0 Å². The van der Waals surface area contributed by atoms with Gasteiger partial charge in [0.05, 0.1) is 6.04 Å². The van der Waals surface area contributed by atoms with Crippen molar-refractivity contribution in [3.63, 3.8) is 0 Å². The second-order valence-corrected chi connectivity index (χ2v) is 4.61. The fraction of sp³-hybridized carbons (Fsp3) is 0.267. The van der Waals surface area contributed by atoms with E-state index in [0.717, 1.165) is 23.0 Å². The van der Waals surface area contributed by atoms with Crippen molar-refractivity contribution in [2.45, 2.75) is 19.9 Å². The molecule has 0 fully saturated rings. The van der Waals surface area contributed by atoms with Crippen LogP contribution < -0.4 is 5.32 Å². The van der Waals surface area contributed by atoms with Crippen molar-refractivity contribution in [2.24, 2.45) is 0 Å². The molecule has 0 aliphatic heterocycles. The van der Waals surface area contributed by atoms with E-state index >= 15 is 0 Å². The normalized spacial score (nSPS) is 12.7. The molecule has 0 amide bonds. The van der Waals surface area contributed by atoms with Crippen LogP contribution in [0.2, 0.25) is 0 Å². The highest BCUT2D eigenvalue weighted by atomic mass is 16.4. The Labute approximate surface area is 117 Å². The van der Waals surface area contributed by atoms with Crippen LogP contribution in [0, 0.1) is 0 Å². The minimum Gasteiger partial charge on any atom is -0.418 e. The average Bonchev–Trinajstić information content (AvgIpc) is 2.97. The number of benzene rings is 1. The molecule has 0 aliphatic rings. The molecule has 102 valence electrons. The van der Waals surface area contributed by atoms with Crippen LogP contribution in [0.15, 0.2) is 40.9 Å². The molecule has 0 radical (unpaired) electrons. The van der Waals surface area contributed by atoms with Crippen molar-refractivity contribution in [1.29, 1.82) is 0 Å². The minimum atomic E-state index is 0.0382. The Balaban J connectivity index is 2.03. The molecule has 1 aromatic carbocycles. The Bertz CT molecular complexity index is 717. The van der Waals surface area contributed by atoms with Crippen LogP contribution in [0.3, 0.4) is 0 Å². The Morgan fingerprint density at radius 1 is 1.20 bits per heavy atom. The fourth-order valence-corrected chi connectivity index (χ4v) is 2.19. The summed E-state index contributed by atoms with van der Waals surface area (Å²) in [7, 11) is 0. The highest BCUT2D eigenvalue weighted by molar-refractivity contribution is 5.92. The summed E-state index contributed by atoms with van der Waals surface area (Å²) < 4.78 is 5.74. The Hall–Kier alpha value is -2.27. The second kappa shape index (κ2) is 5.38. The van der Waals surface area contributed by atoms with Gasteiger partial charge >= 0.3 is 0 Å². The van der Waals surface area contributed by atoms with Gasteiger partial charge in [0.25, 0.3) is 5.89 Å². The molecule has 20 heavy (non-hydrogen) atoms. The van der Waals surface area contributed by atoms with Gasteiger partial charge in [-0.05, 0) is 24.9 Å². The Morgan fingerprint density at radius 2 is 2.05 bits per heavy atom. The Morgan fingerprint density at radius 3 is 2.90 bits per heavy atom. The molecular formula is C15H16N4O. The molecule has 2 aromatic heterocycles. The van der Waals surface area contributed by atoms with Gasteiger partial charge in [0.1, 0.15) is 5.69 Å². The summed E-state index contributed by atoms with van der Waals surface area (Å²) in [6, 6.07) is 10.0. The monoisotopic (exact) mass is 268 g/mol. The molecule has 1 atom stereocenters. The first kappa shape index (κ1) is 12.7. The second-order valence-electron chi connectivity index (χ2n) is 4.61. The standard InChI is InChI=1S/C15H16N4O/c1-3-16-10(2)14-18-19-15(20-14)13-12-7-5-4-6-11(12)8-9-17-13/h4-10,16H,3H2,1-2H3. The molecule has 0 saturated carbocycles. The van der Waals surface area contributed by atoms with Gasteiger partial charge in [0, 0.05) is 11.6 Å². The lowest BCUT2D eigenvalue weighted by Crippen LogP contribution is -2.17. The number of nitrogens with one attached hydrogen (secondary N) is 1. The van der Waals surface area contributed by atoms with Crippen LogP contribution in [0.4, 0.5) is 0 Å². The van der Waals surface area contributed by atoms with E-state index in [-0.39, 0.29) is 6.04 Å². The summed E-state index contributed by atoms with van der Waals surface area (Å²) in [5.41, 5.74) is 0.727. The van der Waals surface area contributed by atoms with E-state index in [1.54, 1.807) is 6.20 Å². The van der Waals surface area contributed by atoms with E-state index < -0.39 is 0 Å². The van der Waals surface area contributed by atoms with Gasteiger partial charge in [0.2, 0.25) is 5.89 Å². The average molecular weight is 268 g/mol. The number of hydrogen-bond acceptors (Lipinski definition) is 5. The van der Waals surface area contributed by atoms with Crippen LogP contribution in [-0.2, 0) is 0 Å². The first-order valence-electron chi connectivity index (χ1n) is 6.70. The molecule has 1 unspecified atom stereocenters. The predicted molar refractivity (Wildman–Crippen MR) is 77.1 cm³/mol. The van der Waals surface area contributed by atoms with Gasteiger partial charge in [0.15, 0.2) is 0 Å². The van der Waals surface area contributed by atoms with Crippen molar-refractivity contribution in [3.8, 4) is 11.6 Å². The molecule has 5 heteroatoms. The van der Waals surface area contributed by atoms with Crippen molar-refractivity contribution in [3.05, 3.63) is 42.4 Å². The van der Waals surface area contributed by atoms with Crippen molar-refractivity contribution < 1.29 is 4.42 Å². The molecule has 0 bridgehead atoms. The first-order chi connectivity index (χ1) is 9.79. The molecule has 3 rings (SSSR count). The SMILES string of the molecule is CCNC(C)c1nnc(-c2nccc3ccccc23)o1. The van der Waals surface area contributed by atoms with E-state index in [0.29, 0.717) is 11.8 Å². The van der Waals surface area contributed by atoms with Crippen molar-refractivity contribution in [2.75, 3.05) is 6.54 Å². The lowest BCUT2D eigenvalue weighted by molar-refractivity contribution is 0.428. The zero-order chi connectivity index (χ0) is 13.9. The molecule has 0 spiro atoms. The zero-order valence-corrected chi connectivity index (χ0v) is 11.5. The first-order valence-corrected chi connectivity index (χ1v) is 6.70. The quantitative estimate of drug-likeness (QED) is 0.788. The maximum atomic E-state index is 5.74. The molecular weight excluding hydrogens is 252 g/mol. The largest absolute Gasteiger partial charge is 0.418 e. The number of aromatic nitrogens is 3. The maximum absolute atomic E-state index is 5.74. The van der Waals surface area contributed by atoms with E-state index in [9.17, 15) is 0 Å². The highest BCUT2D eigenvalue weighted by Gasteiger charge is 2.16. The van der Waals surface area contributed by atoms with Gasteiger partial charge in [-0.1, -0.05) is 31.2 Å². The molecule has 3 aromatic rings. The summed E-state index contributed by atoms with van der Waals surface area (Å²) in [5, 5.41) is 13.6. The molecule has 0 saturated heterocycles. The number of pyridine rings is 1. The summed E-state index contributed by atoms with van der Waals surface area (Å²) in [6.45, 7) is 4.89. The van der Waals surface area contributed by atoms with Gasteiger partial charge in [-0.2, -0.15) is 0 Å². The molecule has 0 aliphatic carbocycles. The predicted octanol–water partition coefficient (Wildman–Crippen LogP) is 2.96. The summed E-state index contributed by atoms with van der Waals surface area (Å²) >= 11 is 0. The summed E-state index contributed by atoms with van der Waals surface area (Å²) in [5.74, 6) is 1.04. The topological polar surface area (TPSA) is 63.8 Å². The van der Waals surface area contributed by atoms with Crippen LogP contribution in [-0.4, -0.2) is 21.7 Å². The number of fused-ring (bicyclic) bond motifs is 1. The third-order valence-electron chi connectivity index (χ3n) is 3.20. The smallest absolute Gasteiger partial charge is 0.266 e. The number of hydrogen-bond donors (Lipinski definition) is 1. The van der Waals surface area contributed by atoms with Crippen LogP contribution in [0.1, 0.15) is 25.8 Å². The van der Waals surface area contributed by atoms with Crippen molar-refractivity contribution in [1.82, 2.24) is 20.5 Å². The molecule has 5 nitrogen and oxygen atoms in total. The summed E-state index contributed by atoms with van der Waals surface area (Å²) in [4.78, 5) is 4.38. The van der Waals surface area contributed by atoms with E-state index in [1.807, 2.05) is 44.2 Å². The fourth-order valence-electron chi connectivity index (χ4n) is 2.19. The minimum absolute atomic E-state index is 0.0382. The van der Waals surface area contributed by atoms with E-state index in [4.69, 9.17) is 4.42 Å². The number of nitrogens with zero attached hydrogens (tertiary/aromatic N) is 3. The lowest BCUT2D eigenvalue weighted by atomic mass is 10.1. The molecule has 2 heterocycles. The van der Waals surface area contributed by atoms with Gasteiger partial charge < -0.3 is 9.73 Å². The molecule has 1 N–H and O–H groups in total. The van der Waals surface area contributed by atoms with Gasteiger partial charge in [-0.3, -0.25) is 4.98 Å². The van der Waals surface area contributed by atoms with Crippen molar-refractivity contribution >= 4 is 10.8 Å². The van der Waals surface area contributed by atoms with Gasteiger partial charge in [-0.15, -0.1) is 10.2 Å². The van der Waals surface area contributed by atoms with E-state index in [1.165, 1.54) is 0 Å². The third kappa shape index (κ3) is 2.28.